The van der Waals surface area contributed by atoms with Crippen LogP contribution in [0.4, 0.5) is 14.5 Å². The van der Waals surface area contributed by atoms with Crippen molar-refractivity contribution >= 4 is 21.6 Å². The largest absolute Gasteiger partial charge is 0.396 e. The summed E-state index contributed by atoms with van der Waals surface area (Å²) in [6, 6.07) is 1.05. The summed E-state index contributed by atoms with van der Waals surface area (Å²) in [5, 5.41) is 0. The molecule has 0 aromatic heterocycles. The summed E-state index contributed by atoms with van der Waals surface area (Å²) in [7, 11) is -4.31. The van der Waals surface area contributed by atoms with Gasteiger partial charge in [0.15, 0.2) is 0 Å². The fourth-order valence-electron chi connectivity index (χ4n) is 1.42. The third kappa shape index (κ3) is 3.18. The number of halogens is 2. The molecular weight excluding hydrogens is 280 g/mol. The Kier molecular flexibility index (Phi) is 4.43. The van der Waals surface area contributed by atoms with Crippen molar-refractivity contribution in [3.63, 3.8) is 0 Å². The van der Waals surface area contributed by atoms with Crippen molar-refractivity contribution in [3.8, 4) is 0 Å². The van der Waals surface area contributed by atoms with E-state index in [0.717, 1.165) is 0 Å². The first-order chi connectivity index (χ1) is 8.70. The van der Waals surface area contributed by atoms with E-state index in [1.165, 1.54) is 6.92 Å². The van der Waals surface area contributed by atoms with Crippen LogP contribution in [0.25, 0.3) is 0 Å². The number of nitrogens with two attached hydrogens (primary N) is 2. The highest BCUT2D eigenvalue weighted by atomic mass is 32.2. The molecule has 0 unspecified atom stereocenters. The minimum absolute atomic E-state index is 0.0952. The average molecular weight is 293 g/mol. The van der Waals surface area contributed by atoms with E-state index < -0.39 is 44.7 Å². The third-order valence-electron chi connectivity index (χ3n) is 2.35. The van der Waals surface area contributed by atoms with Gasteiger partial charge in [0.25, 0.3) is 0 Å². The van der Waals surface area contributed by atoms with Crippen LogP contribution in [0.15, 0.2) is 17.0 Å². The molecule has 0 saturated heterocycles. The molecule has 9 heteroatoms. The van der Waals surface area contributed by atoms with Gasteiger partial charge in [-0.2, -0.15) is 4.31 Å². The van der Waals surface area contributed by atoms with Crippen LogP contribution in [0.5, 0.6) is 0 Å². The SMILES string of the molecule is CCN(CC(N)=O)S(=O)(=O)c1cc(N)c(F)cc1F. The van der Waals surface area contributed by atoms with Gasteiger partial charge in [0.05, 0.1) is 12.2 Å². The van der Waals surface area contributed by atoms with Gasteiger partial charge in [0, 0.05) is 12.6 Å². The van der Waals surface area contributed by atoms with Crippen molar-refractivity contribution in [1.82, 2.24) is 4.31 Å². The van der Waals surface area contributed by atoms with Crippen molar-refractivity contribution in [2.24, 2.45) is 5.73 Å². The monoisotopic (exact) mass is 293 g/mol. The topological polar surface area (TPSA) is 106 Å². The molecule has 0 saturated carbocycles. The molecule has 4 N–H and O–H groups in total. The number of likely N-dealkylation sites (N-methyl/N-ethyl adjacent to an activating group) is 1. The molecule has 106 valence electrons. The fourth-order valence-corrected chi connectivity index (χ4v) is 2.92. The van der Waals surface area contributed by atoms with E-state index in [9.17, 15) is 22.0 Å². The Bertz CT molecular complexity index is 604. The molecule has 0 heterocycles. The second-order valence-electron chi connectivity index (χ2n) is 3.70. The van der Waals surface area contributed by atoms with Gasteiger partial charge in [0.1, 0.15) is 16.5 Å². The number of nitrogens with zero attached hydrogens (tertiary/aromatic N) is 1. The second-order valence-corrected chi connectivity index (χ2v) is 5.61. The first kappa shape index (κ1) is 15.3. The van der Waals surface area contributed by atoms with Crippen LogP contribution < -0.4 is 11.5 Å². The van der Waals surface area contributed by atoms with Crippen molar-refractivity contribution < 1.29 is 22.0 Å². The van der Waals surface area contributed by atoms with Crippen molar-refractivity contribution in [2.75, 3.05) is 18.8 Å². The van der Waals surface area contributed by atoms with Crippen molar-refractivity contribution in [3.05, 3.63) is 23.8 Å². The molecule has 0 aliphatic carbocycles. The normalized spacial score (nSPS) is 11.8. The van der Waals surface area contributed by atoms with Crippen molar-refractivity contribution in [2.45, 2.75) is 11.8 Å². The van der Waals surface area contributed by atoms with Crippen LogP contribution in [0.1, 0.15) is 6.92 Å². The lowest BCUT2D eigenvalue weighted by atomic mass is 10.3. The number of primary amides is 1. The molecule has 0 atom stereocenters. The lowest BCUT2D eigenvalue weighted by molar-refractivity contribution is -0.118. The summed E-state index contributed by atoms with van der Waals surface area (Å²) >= 11 is 0. The van der Waals surface area contributed by atoms with E-state index in [1.807, 2.05) is 0 Å². The van der Waals surface area contributed by atoms with E-state index in [0.29, 0.717) is 16.4 Å². The lowest BCUT2D eigenvalue weighted by Gasteiger charge is -2.19. The van der Waals surface area contributed by atoms with E-state index in [4.69, 9.17) is 11.5 Å². The molecule has 1 aromatic carbocycles. The zero-order valence-corrected chi connectivity index (χ0v) is 10.9. The van der Waals surface area contributed by atoms with Gasteiger partial charge < -0.3 is 11.5 Å². The predicted molar refractivity (Wildman–Crippen MR) is 64.4 cm³/mol. The second kappa shape index (κ2) is 5.49. The summed E-state index contributed by atoms with van der Waals surface area (Å²) < 4.78 is 51.4. The van der Waals surface area contributed by atoms with Crippen LogP contribution >= 0.6 is 0 Å². The first-order valence-electron chi connectivity index (χ1n) is 5.23. The predicted octanol–water partition coefficient (Wildman–Crippen LogP) is 0.0429. The average Bonchev–Trinajstić information content (AvgIpc) is 2.30. The molecule has 0 bridgehead atoms. The van der Waals surface area contributed by atoms with E-state index in [2.05, 4.69) is 0 Å². The fraction of sp³-hybridized carbons (Fsp3) is 0.300. The Morgan fingerprint density at radius 3 is 2.37 bits per heavy atom. The molecule has 6 nitrogen and oxygen atoms in total. The Labute approximate surface area is 109 Å². The Hall–Kier alpha value is -1.74. The number of rotatable bonds is 5. The van der Waals surface area contributed by atoms with E-state index in [1.54, 1.807) is 0 Å². The Morgan fingerprint density at radius 2 is 1.89 bits per heavy atom. The molecule has 0 spiro atoms. The number of carbonyl (C=O) groups excluding carboxylic acids is 1. The number of hydrogen-bond acceptors (Lipinski definition) is 4. The summed E-state index contributed by atoms with van der Waals surface area (Å²) in [5.41, 5.74) is 9.62. The number of nitrogen functional groups attached to an aromatic ring is 1. The lowest BCUT2D eigenvalue weighted by Crippen LogP contribution is -2.38. The van der Waals surface area contributed by atoms with Crippen LogP contribution in [0, 0.1) is 11.6 Å². The van der Waals surface area contributed by atoms with Gasteiger partial charge in [-0.05, 0) is 6.07 Å². The smallest absolute Gasteiger partial charge is 0.246 e. The minimum Gasteiger partial charge on any atom is -0.396 e. The third-order valence-corrected chi connectivity index (χ3v) is 4.29. The zero-order chi connectivity index (χ0) is 14.8. The number of sulfonamides is 1. The summed E-state index contributed by atoms with van der Waals surface area (Å²) in [6.45, 7) is 0.753. The maximum absolute atomic E-state index is 13.5. The number of carbonyl (C=O) groups is 1. The number of anilines is 1. The van der Waals surface area contributed by atoms with Gasteiger partial charge >= 0.3 is 0 Å². The first-order valence-corrected chi connectivity index (χ1v) is 6.67. The number of hydrogen-bond donors (Lipinski definition) is 2. The molecule has 1 aromatic rings. The Balaban J connectivity index is 3.33. The minimum atomic E-state index is -4.31. The highest BCUT2D eigenvalue weighted by Gasteiger charge is 2.28. The maximum atomic E-state index is 13.5. The summed E-state index contributed by atoms with van der Waals surface area (Å²) in [6.07, 6.45) is 0. The highest BCUT2D eigenvalue weighted by Crippen LogP contribution is 2.23. The van der Waals surface area contributed by atoms with Gasteiger partial charge in [-0.25, -0.2) is 17.2 Å². The van der Waals surface area contributed by atoms with E-state index in [-0.39, 0.29) is 6.54 Å². The summed E-state index contributed by atoms with van der Waals surface area (Å²) in [5.74, 6) is -3.23. The molecule has 1 rings (SSSR count). The molecule has 0 aliphatic heterocycles. The number of amides is 1. The molecule has 0 radical (unpaired) electrons. The quantitative estimate of drug-likeness (QED) is 0.748. The van der Waals surface area contributed by atoms with Gasteiger partial charge in [-0.3, -0.25) is 4.79 Å². The van der Waals surface area contributed by atoms with Gasteiger partial charge in [0.2, 0.25) is 15.9 Å². The highest BCUT2D eigenvalue weighted by molar-refractivity contribution is 7.89. The van der Waals surface area contributed by atoms with Gasteiger partial charge in [-0.1, -0.05) is 6.92 Å². The maximum Gasteiger partial charge on any atom is 0.246 e. The summed E-state index contributed by atoms with van der Waals surface area (Å²) in [4.78, 5) is 9.99. The zero-order valence-electron chi connectivity index (χ0n) is 10.1. The van der Waals surface area contributed by atoms with Crippen LogP contribution in [-0.2, 0) is 14.8 Å². The standard InChI is InChI=1S/C10H13F2N3O3S/c1-2-15(5-10(14)16)19(17,18)9-4-8(13)6(11)3-7(9)12/h3-4H,2,5,13H2,1H3,(H2,14,16). The molecular formula is C10H13F2N3O3S. The van der Waals surface area contributed by atoms with E-state index >= 15 is 0 Å². The van der Waals surface area contributed by atoms with Crippen LogP contribution in [-0.4, -0.2) is 31.7 Å². The van der Waals surface area contributed by atoms with Crippen LogP contribution in [0.3, 0.4) is 0 Å². The molecule has 0 aliphatic rings. The van der Waals surface area contributed by atoms with Crippen molar-refractivity contribution in [1.29, 1.82) is 0 Å². The number of benzene rings is 1. The van der Waals surface area contributed by atoms with Crippen LogP contribution in [0.2, 0.25) is 0 Å². The Morgan fingerprint density at radius 1 is 1.32 bits per heavy atom. The van der Waals surface area contributed by atoms with Gasteiger partial charge in [-0.15, -0.1) is 0 Å². The molecule has 0 fully saturated rings. The molecule has 1 amide bonds. The molecule has 19 heavy (non-hydrogen) atoms.